The van der Waals surface area contributed by atoms with Crippen molar-refractivity contribution in [2.24, 2.45) is 0 Å². The van der Waals surface area contributed by atoms with E-state index in [1.807, 2.05) is 7.05 Å². The smallest absolute Gasteiger partial charge is 0.276 e. The van der Waals surface area contributed by atoms with Crippen LogP contribution in [0, 0.1) is 0 Å². The molecule has 1 aromatic heterocycles. The third-order valence-corrected chi connectivity index (χ3v) is 5.08. The highest BCUT2D eigenvalue weighted by atomic mass is 35.5. The van der Waals surface area contributed by atoms with Crippen molar-refractivity contribution >= 4 is 21.6 Å². The summed E-state index contributed by atoms with van der Waals surface area (Å²) in [7, 11) is -1.52. The normalized spacial score (nSPS) is 19.9. The summed E-state index contributed by atoms with van der Waals surface area (Å²) >= 11 is 5.61. The van der Waals surface area contributed by atoms with E-state index in [-0.39, 0.29) is 11.0 Å². The first-order chi connectivity index (χ1) is 8.54. The fourth-order valence-corrected chi connectivity index (χ4v) is 3.50. The van der Waals surface area contributed by atoms with E-state index in [9.17, 15) is 8.42 Å². The number of hydrogen-bond acceptors (Lipinski definition) is 4. The molecule has 0 aliphatic carbocycles. The third-order valence-electron chi connectivity index (χ3n) is 3.04. The van der Waals surface area contributed by atoms with E-state index in [2.05, 4.69) is 4.90 Å². The highest BCUT2D eigenvalue weighted by Gasteiger charge is 2.28. The number of halogens is 1. The van der Waals surface area contributed by atoms with Crippen molar-refractivity contribution in [2.45, 2.75) is 17.4 Å². The molecular weight excluding hydrogens is 276 g/mol. The molecule has 2 heterocycles. The molecule has 102 valence electrons. The molecule has 0 radical (unpaired) electrons. The average molecular weight is 293 g/mol. The molecule has 7 heteroatoms. The van der Waals surface area contributed by atoms with E-state index in [0.717, 1.165) is 19.5 Å². The third kappa shape index (κ3) is 2.88. The summed E-state index contributed by atoms with van der Waals surface area (Å²) < 4.78 is 31.4. The zero-order valence-electron chi connectivity index (χ0n) is 10.3. The lowest BCUT2D eigenvalue weighted by Gasteiger charge is -2.18. The number of hydrogen-bond donors (Lipinski definition) is 0. The molecular formula is C11H17ClN2O3S. The zero-order chi connectivity index (χ0) is 13.2. The van der Waals surface area contributed by atoms with Gasteiger partial charge in [0.2, 0.25) is 5.09 Å². The molecule has 0 unspecified atom stereocenters. The Hall–Kier alpha value is -0.560. The fourth-order valence-electron chi connectivity index (χ4n) is 1.96. The average Bonchev–Trinajstić information content (AvgIpc) is 2.72. The van der Waals surface area contributed by atoms with E-state index in [1.54, 1.807) is 6.07 Å². The van der Waals surface area contributed by atoms with Crippen molar-refractivity contribution < 1.29 is 12.8 Å². The van der Waals surface area contributed by atoms with Gasteiger partial charge in [-0.05, 0) is 32.1 Å². The highest BCUT2D eigenvalue weighted by Crippen LogP contribution is 2.20. The predicted octanol–water partition coefficient (Wildman–Crippen LogP) is 1.34. The van der Waals surface area contributed by atoms with Crippen LogP contribution in [0.15, 0.2) is 21.6 Å². The number of furan rings is 1. The standard InChI is InChI=1S/C11H17ClN2O3S/c1-13-5-2-6-14(8-7-13)18(15,16)11-4-3-10(9-12)17-11/h3-4H,2,5-9H2,1H3. The lowest BCUT2D eigenvalue weighted by molar-refractivity contribution is 0.342. The number of alkyl halides is 1. The Kier molecular flexibility index (Phi) is 4.32. The molecule has 0 aromatic carbocycles. The van der Waals surface area contributed by atoms with Gasteiger partial charge in [0.1, 0.15) is 5.76 Å². The molecule has 0 spiro atoms. The van der Waals surface area contributed by atoms with E-state index in [0.29, 0.717) is 18.8 Å². The first-order valence-electron chi connectivity index (χ1n) is 5.87. The Balaban J connectivity index is 2.19. The Bertz CT molecular complexity index is 500. The summed E-state index contributed by atoms with van der Waals surface area (Å²) in [6.45, 7) is 2.68. The molecule has 0 atom stereocenters. The highest BCUT2D eigenvalue weighted by molar-refractivity contribution is 7.89. The van der Waals surface area contributed by atoms with E-state index >= 15 is 0 Å². The Morgan fingerprint density at radius 1 is 1.28 bits per heavy atom. The van der Waals surface area contributed by atoms with Crippen molar-refractivity contribution in [3.63, 3.8) is 0 Å². The van der Waals surface area contributed by atoms with Crippen LogP contribution in [-0.4, -0.2) is 50.8 Å². The molecule has 1 saturated heterocycles. The zero-order valence-corrected chi connectivity index (χ0v) is 11.9. The second-order valence-electron chi connectivity index (χ2n) is 4.42. The Labute approximate surface area is 112 Å². The molecule has 2 rings (SSSR count). The van der Waals surface area contributed by atoms with Crippen LogP contribution >= 0.6 is 11.6 Å². The summed E-state index contributed by atoms with van der Waals surface area (Å²) in [4.78, 5) is 2.13. The maximum absolute atomic E-state index is 12.3. The molecule has 5 nitrogen and oxygen atoms in total. The van der Waals surface area contributed by atoms with Gasteiger partial charge in [0.05, 0.1) is 5.88 Å². The van der Waals surface area contributed by atoms with Crippen molar-refractivity contribution in [3.05, 3.63) is 17.9 Å². The van der Waals surface area contributed by atoms with Crippen LogP contribution in [0.25, 0.3) is 0 Å². The lowest BCUT2D eigenvalue weighted by atomic mass is 10.4. The van der Waals surface area contributed by atoms with Gasteiger partial charge in [-0.15, -0.1) is 11.6 Å². The number of likely N-dealkylation sites (N-methyl/N-ethyl adjacent to an activating group) is 1. The molecule has 0 bridgehead atoms. The summed E-state index contributed by atoms with van der Waals surface area (Å²) in [5.41, 5.74) is 0. The Morgan fingerprint density at radius 2 is 2.06 bits per heavy atom. The molecule has 1 aromatic rings. The van der Waals surface area contributed by atoms with Gasteiger partial charge in [-0.2, -0.15) is 4.31 Å². The molecule has 1 fully saturated rings. The van der Waals surface area contributed by atoms with Gasteiger partial charge in [-0.1, -0.05) is 0 Å². The van der Waals surface area contributed by atoms with Crippen LogP contribution in [0.2, 0.25) is 0 Å². The molecule has 1 aliphatic rings. The van der Waals surface area contributed by atoms with Crippen LogP contribution in [0.4, 0.5) is 0 Å². The van der Waals surface area contributed by atoms with Crippen LogP contribution in [0.5, 0.6) is 0 Å². The topological polar surface area (TPSA) is 53.8 Å². The first kappa shape index (κ1) is 13.9. The van der Waals surface area contributed by atoms with Gasteiger partial charge in [-0.3, -0.25) is 0 Å². The quantitative estimate of drug-likeness (QED) is 0.789. The SMILES string of the molecule is CN1CCCN(S(=O)(=O)c2ccc(CCl)o2)CC1. The van der Waals surface area contributed by atoms with Crippen LogP contribution in [0.1, 0.15) is 12.2 Å². The van der Waals surface area contributed by atoms with Crippen LogP contribution in [-0.2, 0) is 15.9 Å². The number of nitrogens with zero attached hydrogens (tertiary/aromatic N) is 2. The first-order valence-corrected chi connectivity index (χ1v) is 7.85. The second-order valence-corrected chi connectivity index (χ2v) is 6.55. The van der Waals surface area contributed by atoms with Gasteiger partial charge in [-0.25, -0.2) is 8.42 Å². The summed E-state index contributed by atoms with van der Waals surface area (Å²) in [6.07, 6.45) is 0.832. The van der Waals surface area contributed by atoms with Gasteiger partial charge in [0.25, 0.3) is 10.0 Å². The molecule has 0 amide bonds. The predicted molar refractivity (Wildman–Crippen MR) is 69.1 cm³/mol. The largest absolute Gasteiger partial charge is 0.447 e. The lowest BCUT2D eigenvalue weighted by Crippen LogP contribution is -2.34. The maximum atomic E-state index is 12.3. The molecule has 0 N–H and O–H groups in total. The van der Waals surface area contributed by atoms with Crippen molar-refractivity contribution in [1.29, 1.82) is 0 Å². The number of sulfonamides is 1. The molecule has 1 aliphatic heterocycles. The second kappa shape index (κ2) is 5.61. The van der Waals surface area contributed by atoms with Gasteiger partial charge in [0.15, 0.2) is 0 Å². The minimum atomic E-state index is -3.52. The summed E-state index contributed by atoms with van der Waals surface area (Å²) in [5, 5.41) is -0.0114. The van der Waals surface area contributed by atoms with Crippen molar-refractivity contribution in [2.75, 3.05) is 33.2 Å². The van der Waals surface area contributed by atoms with E-state index in [1.165, 1.54) is 10.4 Å². The van der Waals surface area contributed by atoms with Crippen LogP contribution in [0.3, 0.4) is 0 Å². The Morgan fingerprint density at radius 3 is 2.72 bits per heavy atom. The molecule has 0 saturated carbocycles. The van der Waals surface area contributed by atoms with E-state index < -0.39 is 10.0 Å². The van der Waals surface area contributed by atoms with Crippen molar-refractivity contribution in [1.82, 2.24) is 9.21 Å². The minimum Gasteiger partial charge on any atom is -0.447 e. The van der Waals surface area contributed by atoms with Crippen molar-refractivity contribution in [3.8, 4) is 0 Å². The van der Waals surface area contributed by atoms with Gasteiger partial charge >= 0.3 is 0 Å². The summed E-state index contributed by atoms with van der Waals surface area (Å²) in [5.74, 6) is 0.653. The number of rotatable bonds is 3. The monoisotopic (exact) mass is 292 g/mol. The minimum absolute atomic E-state index is 0.0114. The summed E-state index contributed by atoms with van der Waals surface area (Å²) in [6, 6.07) is 3.07. The van der Waals surface area contributed by atoms with Crippen LogP contribution < -0.4 is 0 Å². The fraction of sp³-hybridized carbons (Fsp3) is 0.636. The molecule has 18 heavy (non-hydrogen) atoms. The maximum Gasteiger partial charge on any atom is 0.276 e. The van der Waals surface area contributed by atoms with Gasteiger partial charge in [0, 0.05) is 19.6 Å². The van der Waals surface area contributed by atoms with E-state index in [4.69, 9.17) is 16.0 Å². The van der Waals surface area contributed by atoms with Gasteiger partial charge < -0.3 is 9.32 Å².